The molecule has 0 saturated heterocycles. The van der Waals surface area contributed by atoms with Gasteiger partial charge in [0.15, 0.2) is 0 Å². The van der Waals surface area contributed by atoms with Crippen LogP contribution in [0.25, 0.3) is 0 Å². The van der Waals surface area contributed by atoms with E-state index in [0.29, 0.717) is 13.0 Å². The minimum atomic E-state index is -0.248. The van der Waals surface area contributed by atoms with E-state index in [4.69, 9.17) is 0 Å². The van der Waals surface area contributed by atoms with E-state index in [1.54, 1.807) is 23.5 Å². The molecule has 0 spiro atoms. The number of esters is 1. The zero-order valence-electron chi connectivity index (χ0n) is 10.5. The third kappa shape index (κ3) is 4.06. The Morgan fingerprint density at radius 1 is 1.21 bits per heavy atom. The SMILES string of the molecule is COC(=O)Cc1ccc(CNc2ccc(F)cc2)s1. The molecule has 0 radical (unpaired) electrons. The molecule has 0 aliphatic heterocycles. The summed E-state index contributed by atoms with van der Waals surface area (Å²) in [5, 5.41) is 3.20. The molecular formula is C14H14FNO2S. The molecule has 0 bridgehead atoms. The van der Waals surface area contributed by atoms with Crippen molar-refractivity contribution in [3.63, 3.8) is 0 Å². The number of carbonyl (C=O) groups excluding carboxylic acids is 1. The van der Waals surface area contributed by atoms with E-state index in [0.717, 1.165) is 15.4 Å². The van der Waals surface area contributed by atoms with Crippen LogP contribution in [0.15, 0.2) is 36.4 Å². The third-order valence-corrected chi connectivity index (χ3v) is 3.66. The predicted molar refractivity (Wildman–Crippen MR) is 73.8 cm³/mol. The van der Waals surface area contributed by atoms with Gasteiger partial charge in [-0.05, 0) is 36.4 Å². The highest BCUT2D eigenvalue weighted by Gasteiger charge is 2.06. The maximum Gasteiger partial charge on any atom is 0.310 e. The fraction of sp³-hybridized carbons (Fsp3) is 0.214. The molecule has 100 valence electrons. The second-order valence-electron chi connectivity index (χ2n) is 3.98. The number of ether oxygens (including phenoxy) is 1. The van der Waals surface area contributed by atoms with Gasteiger partial charge in [-0.25, -0.2) is 4.39 Å². The van der Waals surface area contributed by atoms with Gasteiger partial charge in [0.2, 0.25) is 0 Å². The second-order valence-corrected chi connectivity index (χ2v) is 5.23. The van der Waals surface area contributed by atoms with Gasteiger partial charge in [0.25, 0.3) is 0 Å². The summed E-state index contributed by atoms with van der Waals surface area (Å²) >= 11 is 1.56. The van der Waals surface area contributed by atoms with Gasteiger partial charge >= 0.3 is 5.97 Å². The van der Waals surface area contributed by atoms with Gasteiger partial charge in [0, 0.05) is 22.0 Å². The van der Waals surface area contributed by atoms with E-state index >= 15 is 0 Å². The van der Waals surface area contributed by atoms with Gasteiger partial charge in [-0.1, -0.05) is 0 Å². The Balaban J connectivity index is 1.89. The van der Waals surface area contributed by atoms with Crippen molar-refractivity contribution in [2.75, 3.05) is 12.4 Å². The van der Waals surface area contributed by atoms with E-state index < -0.39 is 0 Å². The van der Waals surface area contributed by atoms with Crippen molar-refractivity contribution in [1.82, 2.24) is 0 Å². The molecular weight excluding hydrogens is 265 g/mol. The largest absolute Gasteiger partial charge is 0.469 e. The van der Waals surface area contributed by atoms with Gasteiger partial charge < -0.3 is 10.1 Å². The van der Waals surface area contributed by atoms with Crippen molar-refractivity contribution in [3.8, 4) is 0 Å². The number of rotatable bonds is 5. The van der Waals surface area contributed by atoms with E-state index in [9.17, 15) is 9.18 Å². The van der Waals surface area contributed by atoms with Crippen molar-refractivity contribution in [2.24, 2.45) is 0 Å². The minimum Gasteiger partial charge on any atom is -0.469 e. The second kappa shape index (κ2) is 6.33. The van der Waals surface area contributed by atoms with Crippen molar-refractivity contribution < 1.29 is 13.9 Å². The first-order chi connectivity index (χ1) is 9.17. The number of halogens is 1. The number of anilines is 1. The first-order valence-electron chi connectivity index (χ1n) is 5.81. The molecule has 1 aromatic carbocycles. The number of carbonyl (C=O) groups is 1. The van der Waals surface area contributed by atoms with Crippen LogP contribution in [-0.4, -0.2) is 13.1 Å². The number of hydrogen-bond acceptors (Lipinski definition) is 4. The van der Waals surface area contributed by atoms with E-state index in [2.05, 4.69) is 10.1 Å². The summed E-state index contributed by atoms with van der Waals surface area (Å²) in [5.41, 5.74) is 0.865. The lowest BCUT2D eigenvalue weighted by Gasteiger charge is -2.04. The first-order valence-corrected chi connectivity index (χ1v) is 6.63. The van der Waals surface area contributed by atoms with Gasteiger partial charge in [0.1, 0.15) is 5.82 Å². The van der Waals surface area contributed by atoms with Crippen LogP contribution in [0, 0.1) is 5.82 Å². The van der Waals surface area contributed by atoms with Crippen molar-refractivity contribution in [2.45, 2.75) is 13.0 Å². The summed E-state index contributed by atoms with van der Waals surface area (Å²) in [6.45, 7) is 0.650. The molecule has 0 saturated carbocycles. The molecule has 5 heteroatoms. The van der Waals surface area contributed by atoms with E-state index in [-0.39, 0.29) is 11.8 Å². The molecule has 0 aliphatic carbocycles. The van der Waals surface area contributed by atoms with Crippen LogP contribution in [0.5, 0.6) is 0 Å². The standard InChI is InChI=1S/C14H14FNO2S/c1-18-14(17)8-12-6-7-13(19-12)9-16-11-4-2-10(15)3-5-11/h2-7,16H,8-9H2,1H3. The molecule has 0 aliphatic rings. The van der Waals surface area contributed by atoms with Crippen LogP contribution in [-0.2, 0) is 22.5 Å². The Kier molecular flexibility index (Phi) is 4.52. The van der Waals surface area contributed by atoms with E-state index in [1.165, 1.54) is 19.2 Å². The van der Waals surface area contributed by atoms with Gasteiger partial charge in [-0.2, -0.15) is 0 Å². The highest BCUT2D eigenvalue weighted by atomic mass is 32.1. The molecule has 2 rings (SSSR count). The first kappa shape index (κ1) is 13.5. The molecule has 1 aromatic heterocycles. The molecule has 0 amide bonds. The lowest BCUT2D eigenvalue weighted by molar-refractivity contribution is -0.139. The highest BCUT2D eigenvalue weighted by molar-refractivity contribution is 7.12. The quantitative estimate of drug-likeness (QED) is 0.854. The van der Waals surface area contributed by atoms with Crippen LogP contribution in [0.3, 0.4) is 0 Å². The number of thiophene rings is 1. The molecule has 1 N–H and O–H groups in total. The Morgan fingerprint density at radius 2 is 1.89 bits per heavy atom. The maximum atomic E-state index is 12.7. The zero-order valence-corrected chi connectivity index (χ0v) is 11.3. The molecule has 1 heterocycles. The topological polar surface area (TPSA) is 38.3 Å². The Bertz CT molecular complexity index is 551. The Labute approximate surface area is 115 Å². The van der Waals surface area contributed by atoms with Gasteiger partial charge in [0.05, 0.1) is 13.5 Å². The summed E-state index contributed by atoms with van der Waals surface area (Å²) in [7, 11) is 1.38. The third-order valence-electron chi connectivity index (χ3n) is 2.57. The number of hydrogen-bond donors (Lipinski definition) is 1. The molecule has 3 nitrogen and oxygen atoms in total. The average molecular weight is 279 g/mol. The van der Waals surface area contributed by atoms with Crippen LogP contribution in [0.1, 0.15) is 9.75 Å². The molecule has 0 unspecified atom stereocenters. The molecule has 0 atom stereocenters. The smallest absolute Gasteiger partial charge is 0.310 e. The fourth-order valence-corrected chi connectivity index (χ4v) is 2.53. The minimum absolute atomic E-state index is 0.236. The summed E-state index contributed by atoms with van der Waals surface area (Å²) in [4.78, 5) is 13.2. The Morgan fingerprint density at radius 3 is 2.58 bits per heavy atom. The van der Waals surface area contributed by atoms with Crippen LogP contribution >= 0.6 is 11.3 Å². The number of benzene rings is 1. The summed E-state index contributed by atoms with van der Waals surface area (Å²) < 4.78 is 17.4. The van der Waals surface area contributed by atoms with Crippen molar-refractivity contribution in [3.05, 3.63) is 52.0 Å². The van der Waals surface area contributed by atoms with Crippen LogP contribution in [0.4, 0.5) is 10.1 Å². The number of methoxy groups -OCH3 is 1. The van der Waals surface area contributed by atoms with Gasteiger partial charge in [-0.15, -0.1) is 11.3 Å². The molecule has 0 fully saturated rings. The van der Waals surface area contributed by atoms with E-state index in [1.807, 2.05) is 12.1 Å². The lowest BCUT2D eigenvalue weighted by atomic mass is 10.3. The van der Waals surface area contributed by atoms with Crippen LogP contribution < -0.4 is 5.32 Å². The Hall–Kier alpha value is -1.88. The van der Waals surface area contributed by atoms with Crippen LogP contribution in [0.2, 0.25) is 0 Å². The number of nitrogens with one attached hydrogen (secondary N) is 1. The summed E-state index contributed by atoms with van der Waals surface area (Å²) in [6.07, 6.45) is 0.303. The normalized spacial score (nSPS) is 10.2. The highest BCUT2D eigenvalue weighted by Crippen LogP contribution is 2.19. The lowest BCUT2D eigenvalue weighted by Crippen LogP contribution is -2.02. The summed E-state index contributed by atoms with van der Waals surface area (Å²) in [5.74, 6) is -0.484. The zero-order chi connectivity index (χ0) is 13.7. The molecule has 19 heavy (non-hydrogen) atoms. The monoisotopic (exact) mass is 279 g/mol. The van der Waals surface area contributed by atoms with Crippen molar-refractivity contribution >= 4 is 23.0 Å². The van der Waals surface area contributed by atoms with Gasteiger partial charge in [-0.3, -0.25) is 4.79 Å². The average Bonchev–Trinajstić information content (AvgIpc) is 2.85. The van der Waals surface area contributed by atoms with Crippen molar-refractivity contribution in [1.29, 1.82) is 0 Å². The predicted octanol–water partition coefficient (Wildman–Crippen LogP) is 3.21. The maximum absolute atomic E-state index is 12.7. The summed E-state index contributed by atoms with van der Waals surface area (Å²) in [6, 6.07) is 10.1. The fourth-order valence-electron chi connectivity index (χ4n) is 1.58. The molecule has 2 aromatic rings.